The van der Waals surface area contributed by atoms with Crippen molar-refractivity contribution in [3.05, 3.63) is 108 Å². The summed E-state index contributed by atoms with van der Waals surface area (Å²) in [4.78, 5) is 0. The topological polar surface area (TPSA) is 26.0 Å². The lowest BCUT2D eigenvalue weighted by molar-refractivity contribution is 0.523. The van der Waals surface area contributed by atoms with Gasteiger partial charge in [0.25, 0.3) is 0 Å². The van der Waals surface area contributed by atoms with Crippen molar-refractivity contribution >= 4 is 9.24 Å². The molecule has 0 amide bonds. The van der Waals surface area contributed by atoms with Crippen LogP contribution in [0.2, 0.25) is 0 Å². The molecule has 2 atom stereocenters. The van der Waals surface area contributed by atoms with Crippen LogP contribution in [0.3, 0.4) is 0 Å². The molecular formula is C20H20NP. The molecule has 0 saturated carbocycles. The van der Waals surface area contributed by atoms with E-state index in [2.05, 4.69) is 57.8 Å². The van der Waals surface area contributed by atoms with E-state index in [-0.39, 0.29) is 5.66 Å². The van der Waals surface area contributed by atoms with Crippen LogP contribution in [0.15, 0.2) is 91.0 Å². The smallest absolute Gasteiger partial charge is 0.0770 e. The summed E-state index contributed by atoms with van der Waals surface area (Å²) in [5.41, 5.74) is 9.93. The average Bonchev–Trinajstić information content (AvgIpc) is 2.62. The van der Waals surface area contributed by atoms with Crippen molar-refractivity contribution in [2.45, 2.75) is 11.2 Å². The maximum atomic E-state index is 7.00. The van der Waals surface area contributed by atoms with Gasteiger partial charge in [0.2, 0.25) is 0 Å². The van der Waals surface area contributed by atoms with Crippen molar-refractivity contribution in [3.8, 4) is 0 Å². The standard InChI is InChI=1S/C20H20NP/c21-20(17-12-6-2-7-13-17,18-14-8-3-9-15-18)19(22)16-10-4-1-5-11-16/h1-15,19H,21-22H2. The van der Waals surface area contributed by atoms with Crippen molar-refractivity contribution in [2.75, 3.05) is 0 Å². The third-order valence-corrected chi connectivity index (χ3v) is 5.06. The van der Waals surface area contributed by atoms with Gasteiger partial charge in [0.05, 0.1) is 5.54 Å². The Bertz CT molecular complexity index is 671. The van der Waals surface area contributed by atoms with Gasteiger partial charge in [0.15, 0.2) is 0 Å². The lowest BCUT2D eigenvalue weighted by Gasteiger charge is -2.37. The van der Waals surface area contributed by atoms with Crippen LogP contribution >= 0.6 is 9.24 Å². The molecule has 0 aliphatic rings. The minimum Gasteiger partial charge on any atom is -0.317 e. The summed E-state index contributed by atoms with van der Waals surface area (Å²) >= 11 is 0. The largest absolute Gasteiger partial charge is 0.317 e. The summed E-state index contributed by atoms with van der Waals surface area (Å²) in [5, 5.41) is 0. The molecule has 0 aliphatic heterocycles. The first-order valence-corrected chi connectivity index (χ1v) is 8.10. The van der Waals surface area contributed by atoms with Gasteiger partial charge in [0, 0.05) is 5.66 Å². The molecule has 0 saturated heterocycles. The number of rotatable bonds is 4. The summed E-state index contributed by atoms with van der Waals surface area (Å²) < 4.78 is 0. The van der Waals surface area contributed by atoms with E-state index >= 15 is 0 Å². The van der Waals surface area contributed by atoms with Gasteiger partial charge in [-0.2, -0.15) is 0 Å². The molecule has 0 fully saturated rings. The zero-order chi connectivity index (χ0) is 15.4. The first-order chi connectivity index (χ1) is 10.7. The van der Waals surface area contributed by atoms with Crippen LogP contribution in [-0.2, 0) is 5.54 Å². The predicted octanol–water partition coefficient (Wildman–Crippen LogP) is 4.51. The zero-order valence-corrected chi connectivity index (χ0v) is 13.5. The number of hydrogen-bond acceptors (Lipinski definition) is 1. The van der Waals surface area contributed by atoms with Crippen LogP contribution in [0.1, 0.15) is 22.3 Å². The van der Waals surface area contributed by atoms with E-state index in [1.807, 2.05) is 42.5 Å². The molecule has 2 unspecified atom stereocenters. The minimum absolute atomic E-state index is 0.0819. The monoisotopic (exact) mass is 305 g/mol. The van der Waals surface area contributed by atoms with Crippen LogP contribution in [0.25, 0.3) is 0 Å². The normalized spacial score (nSPS) is 12.8. The minimum atomic E-state index is -0.589. The molecule has 0 spiro atoms. The molecule has 3 aromatic carbocycles. The van der Waals surface area contributed by atoms with Crippen LogP contribution in [0.4, 0.5) is 0 Å². The maximum Gasteiger partial charge on any atom is 0.0770 e. The second kappa shape index (κ2) is 6.44. The van der Waals surface area contributed by atoms with E-state index in [0.29, 0.717) is 0 Å². The highest BCUT2D eigenvalue weighted by Crippen LogP contribution is 2.44. The molecule has 2 heteroatoms. The van der Waals surface area contributed by atoms with Crippen LogP contribution < -0.4 is 5.73 Å². The summed E-state index contributed by atoms with van der Waals surface area (Å²) in [6.07, 6.45) is 0. The molecule has 0 aliphatic carbocycles. The Labute approximate surface area is 134 Å². The van der Waals surface area contributed by atoms with Crippen molar-refractivity contribution in [1.82, 2.24) is 0 Å². The molecule has 22 heavy (non-hydrogen) atoms. The Morgan fingerprint density at radius 3 is 1.41 bits per heavy atom. The average molecular weight is 305 g/mol. The van der Waals surface area contributed by atoms with Gasteiger partial charge in [-0.05, 0) is 16.7 Å². The molecule has 3 aromatic rings. The molecule has 0 radical (unpaired) electrons. The van der Waals surface area contributed by atoms with Crippen molar-refractivity contribution in [1.29, 1.82) is 0 Å². The first-order valence-electron chi connectivity index (χ1n) is 7.43. The fourth-order valence-corrected chi connectivity index (χ4v) is 3.48. The molecule has 110 valence electrons. The van der Waals surface area contributed by atoms with Crippen molar-refractivity contribution in [2.24, 2.45) is 5.73 Å². The zero-order valence-electron chi connectivity index (χ0n) is 12.4. The van der Waals surface area contributed by atoms with Gasteiger partial charge in [-0.15, -0.1) is 9.24 Å². The summed E-state index contributed by atoms with van der Waals surface area (Å²) in [6, 6.07) is 31.0. The van der Waals surface area contributed by atoms with Crippen LogP contribution in [-0.4, -0.2) is 0 Å². The Morgan fingerprint density at radius 2 is 1.00 bits per heavy atom. The van der Waals surface area contributed by atoms with Crippen LogP contribution in [0, 0.1) is 0 Å². The molecule has 1 nitrogen and oxygen atoms in total. The Hall–Kier alpha value is -1.95. The number of hydrogen-bond donors (Lipinski definition) is 1. The van der Waals surface area contributed by atoms with Gasteiger partial charge < -0.3 is 5.73 Å². The highest BCUT2D eigenvalue weighted by atomic mass is 31.0. The maximum absolute atomic E-state index is 7.00. The van der Waals surface area contributed by atoms with Crippen LogP contribution in [0.5, 0.6) is 0 Å². The fraction of sp³-hybridized carbons (Fsp3) is 0.100. The van der Waals surface area contributed by atoms with Gasteiger partial charge in [-0.25, -0.2) is 0 Å². The summed E-state index contributed by atoms with van der Waals surface area (Å²) in [6.45, 7) is 0. The quantitative estimate of drug-likeness (QED) is 0.705. The Balaban J connectivity index is 2.16. The van der Waals surface area contributed by atoms with E-state index in [0.717, 1.165) is 11.1 Å². The Kier molecular flexibility index (Phi) is 4.38. The summed E-state index contributed by atoms with van der Waals surface area (Å²) in [7, 11) is 2.94. The highest BCUT2D eigenvalue weighted by Gasteiger charge is 2.36. The fourth-order valence-electron chi connectivity index (χ4n) is 2.88. The van der Waals surface area contributed by atoms with Gasteiger partial charge in [-0.3, -0.25) is 0 Å². The van der Waals surface area contributed by atoms with E-state index in [1.165, 1.54) is 5.56 Å². The highest BCUT2D eigenvalue weighted by molar-refractivity contribution is 7.17. The summed E-state index contributed by atoms with van der Waals surface area (Å²) in [5.74, 6) is 0. The molecule has 0 aromatic heterocycles. The second-order valence-corrected chi connectivity index (χ2v) is 6.16. The third kappa shape index (κ3) is 2.70. The van der Waals surface area contributed by atoms with E-state index in [4.69, 9.17) is 5.73 Å². The van der Waals surface area contributed by atoms with E-state index < -0.39 is 5.54 Å². The number of benzene rings is 3. The third-order valence-electron chi connectivity index (χ3n) is 4.15. The first kappa shape index (κ1) is 15.0. The molecule has 0 heterocycles. The SMILES string of the molecule is NC(c1ccccc1)(c1ccccc1)C(P)c1ccccc1. The second-order valence-electron chi connectivity index (χ2n) is 5.49. The van der Waals surface area contributed by atoms with E-state index in [1.54, 1.807) is 0 Å². The van der Waals surface area contributed by atoms with Crippen molar-refractivity contribution in [3.63, 3.8) is 0 Å². The molecule has 0 bridgehead atoms. The van der Waals surface area contributed by atoms with Gasteiger partial charge in [0.1, 0.15) is 0 Å². The molecule has 3 rings (SSSR count). The van der Waals surface area contributed by atoms with E-state index in [9.17, 15) is 0 Å². The Morgan fingerprint density at radius 1 is 0.636 bits per heavy atom. The van der Waals surface area contributed by atoms with Crippen molar-refractivity contribution < 1.29 is 0 Å². The molecular weight excluding hydrogens is 285 g/mol. The molecule has 2 N–H and O–H groups in total. The lowest BCUT2D eigenvalue weighted by Crippen LogP contribution is -2.41. The van der Waals surface area contributed by atoms with Gasteiger partial charge in [-0.1, -0.05) is 91.0 Å². The number of nitrogens with two attached hydrogens (primary N) is 1. The predicted molar refractivity (Wildman–Crippen MR) is 96.7 cm³/mol. The lowest BCUT2D eigenvalue weighted by atomic mass is 9.78. The van der Waals surface area contributed by atoms with Gasteiger partial charge >= 0.3 is 0 Å².